The van der Waals surface area contributed by atoms with Crippen molar-refractivity contribution in [1.82, 2.24) is 4.90 Å². The first-order chi connectivity index (χ1) is 10.5. The number of benzene rings is 1. The number of furan rings is 1. The fraction of sp³-hybridized carbons (Fsp3) is 0.125. The molecule has 4 nitrogen and oxygen atoms in total. The number of rotatable bonds is 2. The van der Waals surface area contributed by atoms with Gasteiger partial charge in [0.2, 0.25) is 0 Å². The van der Waals surface area contributed by atoms with Gasteiger partial charge in [-0.1, -0.05) is 12.1 Å². The summed E-state index contributed by atoms with van der Waals surface area (Å²) in [5, 5.41) is 0.435. The molecular formula is C16H13FN2O2S. The lowest BCUT2D eigenvalue weighted by Gasteiger charge is -2.07. The molecule has 0 bridgehead atoms. The van der Waals surface area contributed by atoms with E-state index in [-0.39, 0.29) is 11.6 Å². The molecule has 1 aromatic heterocycles. The Balaban J connectivity index is 1.92. The highest BCUT2D eigenvalue weighted by Crippen LogP contribution is 2.33. The molecule has 0 saturated carbocycles. The molecule has 1 fully saturated rings. The van der Waals surface area contributed by atoms with Gasteiger partial charge < -0.3 is 4.42 Å². The van der Waals surface area contributed by atoms with E-state index in [0.29, 0.717) is 15.8 Å². The largest absolute Gasteiger partial charge is 0.462 e. The van der Waals surface area contributed by atoms with E-state index in [1.54, 1.807) is 37.4 Å². The minimum Gasteiger partial charge on any atom is -0.462 e. The Kier molecular flexibility index (Phi) is 3.85. The summed E-state index contributed by atoms with van der Waals surface area (Å²) in [7, 11) is 1.61. The third kappa shape index (κ3) is 2.82. The maximum absolute atomic E-state index is 13.7. The molecule has 1 amide bonds. The van der Waals surface area contributed by atoms with Crippen molar-refractivity contribution in [2.75, 3.05) is 7.05 Å². The molecule has 3 rings (SSSR count). The van der Waals surface area contributed by atoms with Crippen molar-refractivity contribution in [2.24, 2.45) is 4.99 Å². The lowest BCUT2D eigenvalue weighted by Crippen LogP contribution is -2.23. The van der Waals surface area contributed by atoms with Crippen molar-refractivity contribution < 1.29 is 13.6 Å². The zero-order valence-corrected chi connectivity index (χ0v) is 12.9. The Morgan fingerprint density at radius 3 is 2.73 bits per heavy atom. The number of aliphatic imine (C=N–C) groups is 1. The van der Waals surface area contributed by atoms with Crippen molar-refractivity contribution in [3.63, 3.8) is 0 Å². The second-order valence-corrected chi connectivity index (χ2v) is 5.78. The quantitative estimate of drug-likeness (QED) is 0.788. The molecule has 0 atom stereocenters. The molecule has 22 heavy (non-hydrogen) atoms. The highest BCUT2D eigenvalue weighted by Gasteiger charge is 2.30. The van der Waals surface area contributed by atoms with E-state index < -0.39 is 5.82 Å². The third-order valence-corrected chi connectivity index (χ3v) is 4.17. The van der Waals surface area contributed by atoms with Gasteiger partial charge in [-0.3, -0.25) is 9.69 Å². The van der Waals surface area contributed by atoms with Gasteiger partial charge in [-0.05, 0) is 43.0 Å². The molecule has 0 N–H and O–H groups in total. The molecule has 112 valence electrons. The first-order valence-corrected chi connectivity index (χ1v) is 7.43. The van der Waals surface area contributed by atoms with Gasteiger partial charge in [0.25, 0.3) is 5.91 Å². The van der Waals surface area contributed by atoms with E-state index in [9.17, 15) is 9.18 Å². The van der Waals surface area contributed by atoms with Crippen LogP contribution in [0.25, 0.3) is 6.08 Å². The number of nitrogens with zero attached hydrogens (tertiary/aromatic N) is 2. The number of amides is 1. The average molecular weight is 316 g/mol. The SMILES string of the molecule is Cc1ccc(/C=C2/SC(=Nc3ccccc3F)N(C)C2=O)o1. The highest BCUT2D eigenvalue weighted by molar-refractivity contribution is 8.18. The van der Waals surface area contributed by atoms with E-state index >= 15 is 0 Å². The smallest absolute Gasteiger partial charge is 0.266 e. The van der Waals surface area contributed by atoms with Crippen LogP contribution in [0.5, 0.6) is 0 Å². The van der Waals surface area contributed by atoms with E-state index in [2.05, 4.69) is 4.99 Å². The first kappa shape index (κ1) is 14.6. The molecule has 1 saturated heterocycles. The molecular weight excluding hydrogens is 303 g/mol. The van der Waals surface area contributed by atoms with Crippen LogP contribution in [-0.4, -0.2) is 23.0 Å². The Morgan fingerprint density at radius 2 is 2.05 bits per heavy atom. The summed E-state index contributed by atoms with van der Waals surface area (Å²) in [4.78, 5) is 18.3. The predicted octanol–water partition coefficient (Wildman–Crippen LogP) is 3.96. The fourth-order valence-corrected chi connectivity index (χ4v) is 2.92. The van der Waals surface area contributed by atoms with E-state index in [0.717, 1.165) is 5.76 Å². The van der Waals surface area contributed by atoms with Crippen LogP contribution in [0.15, 0.2) is 50.7 Å². The third-order valence-electron chi connectivity index (χ3n) is 3.11. The van der Waals surface area contributed by atoms with E-state index in [1.165, 1.54) is 22.7 Å². The van der Waals surface area contributed by atoms with Crippen LogP contribution in [0.2, 0.25) is 0 Å². The van der Waals surface area contributed by atoms with E-state index in [1.807, 2.05) is 13.0 Å². The van der Waals surface area contributed by atoms with Gasteiger partial charge in [-0.15, -0.1) is 0 Å². The van der Waals surface area contributed by atoms with E-state index in [4.69, 9.17) is 4.42 Å². The zero-order chi connectivity index (χ0) is 15.7. The number of amidine groups is 1. The lowest BCUT2D eigenvalue weighted by atomic mass is 10.3. The fourth-order valence-electron chi connectivity index (χ4n) is 1.96. The Bertz CT molecular complexity index is 795. The molecule has 0 unspecified atom stereocenters. The molecule has 1 aromatic carbocycles. The number of thioether (sulfide) groups is 1. The van der Waals surface area contributed by atoms with Gasteiger partial charge >= 0.3 is 0 Å². The second-order valence-electron chi connectivity index (χ2n) is 4.77. The van der Waals surface area contributed by atoms with Crippen LogP contribution in [0.1, 0.15) is 11.5 Å². The molecule has 2 heterocycles. The number of hydrogen-bond acceptors (Lipinski definition) is 4. The van der Waals surface area contributed by atoms with Gasteiger partial charge in [0.1, 0.15) is 23.0 Å². The summed E-state index contributed by atoms with van der Waals surface area (Å²) in [6.45, 7) is 1.84. The van der Waals surface area contributed by atoms with Crippen molar-refractivity contribution in [2.45, 2.75) is 6.92 Å². The van der Waals surface area contributed by atoms with Gasteiger partial charge in [-0.25, -0.2) is 9.38 Å². The number of aryl methyl sites for hydroxylation is 1. The van der Waals surface area contributed by atoms with Crippen molar-refractivity contribution in [1.29, 1.82) is 0 Å². The number of likely N-dealkylation sites (N-methyl/N-ethyl adjacent to an activating group) is 1. The number of carbonyl (C=O) groups excluding carboxylic acids is 1. The minimum atomic E-state index is -0.421. The Morgan fingerprint density at radius 1 is 1.27 bits per heavy atom. The molecule has 1 aliphatic heterocycles. The van der Waals surface area contributed by atoms with Crippen molar-refractivity contribution >= 4 is 34.6 Å². The standard InChI is InChI=1S/C16H13FN2O2S/c1-10-7-8-11(21-10)9-14-15(20)19(2)16(22-14)18-13-6-4-3-5-12(13)17/h3-9H,1-2H3/b14-9+,18-16?. The maximum Gasteiger partial charge on any atom is 0.266 e. The molecule has 6 heteroatoms. The zero-order valence-electron chi connectivity index (χ0n) is 12.0. The van der Waals surface area contributed by atoms with Crippen molar-refractivity contribution in [3.8, 4) is 0 Å². The molecule has 0 aliphatic carbocycles. The number of carbonyl (C=O) groups is 1. The monoisotopic (exact) mass is 316 g/mol. The van der Waals surface area contributed by atoms with Gasteiger partial charge in [-0.2, -0.15) is 0 Å². The second kappa shape index (κ2) is 5.81. The van der Waals surface area contributed by atoms with Crippen molar-refractivity contribution in [3.05, 3.63) is 58.6 Å². The number of halogens is 1. The summed E-state index contributed by atoms with van der Waals surface area (Å²) in [5.41, 5.74) is 0.208. The highest BCUT2D eigenvalue weighted by atomic mass is 32.2. The van der Waals surface area contributed by atoms with Crippen LogP contribution in [0, 0.1) is 12.7 Å². The Labute approximate surface area is 131 Å². The Hall–Kier alpha value is -2.34. The first-order valence-electron chi connectivity index (χ1n) is 6.62. The normalized spacial score (nSPS) is 18.7. The topological polar surface area (TPSA) is 45.8 Å². The predicted molar refractivity (Wildman–Crippen MR) is 85.3 cm³/mol. The minimum absolute atomic E-state index is 0.186. The summed E-state index contributed by atoms with van der Waals surface area (Å²) in [6, 6.07) is 9.82. The van der Waals surface area contributed by atoms with Crippen LogP contribution < -0.4 is 0 Å². The lowest BCUT2D eigenvalue weighted by molar-refractivity contribution is -0.121. The van der Waals surface area contributed by atoms with Crippen LogP contribution >= 0.6 is 11.8 Å². The molecule has 0 radical (unpaired) electrons. The summed E-state index contributed by atoms with van der Waals surface area (Å²) >= 11 is 1.20. The van der Waals surface area contributed by atoms with Gasteiger partial charge in [0, 0.05) is 13.1 Å². The number of para-hydroxylation sites is 1. The van der Waals surface area contributed by atoms with Crippen LogP contribution in [0.4, 0.5) is 10.1 Å². The van der Waals surface area contributed by atoms with Crippen LogP contribution in [0.3, 0.4) is 0 Å². The maximum atomic E-state index is 13.7. The van der Waals surface area contributed by atoms with Crippen LogP contribution in [-0.2, 0) is 4.79 Å². The molecule has 2 aromatic rings. The number of hydrogen-bond donors (Lipinski definition) is 0. The van der Waals surface area contributed by atoms with Gasteiger partial charge in [0.05, 0.1) is 4.91 Å². The molecule has 1 aliphatic rings. The van der Waals surface area contributed by atoms with Gasteiger partial charge in [0.15, 0.2) is 5.17 Å². The average Bonchev–Trinajstić information content (AvgIpc) is 3.01. The molecule has 0 spiro atoms. The summed E-state index contributed by atoms with van der Waals surface area (Å²) in [6.07, 6.45) is 1.67. The summed E-state index contributed by atoms with van der Waals surface area (Å²) in [5.74, 6) is 0.773. The summed E-state index contributed by atoms with van der Waals surface area (Å²) < 4.78 is 19.1.